The Balaban J connectivity index is 3.14. The molecule has 2 atom stereocenters. The van der Waals surface area contributed by atoms with Gasteiger partial charge in [0, 0.05) is 12.1 Å². The van der Waals surface area contributed by atoms with Gasteiger partial charge in [-0.1, -0.05) is 36.4 Å². The van der Waals surface area contributed by atoms with Crippen LogP contribution in [-0.2, 0) is 0 Å². The molecule has 2 unspecified atom stereocenters. The average Bonchev–Trinajstić information content (AvgIpc) is 2.27. The molecule has 0 aliphatic heterocycles. The Kier molecular flexibility index (Phi) is 3.63. The molecule has 0 amide bonds. The average molecular weight is 188 g/mol. The molecule has 14 heavy (non-hydrogen) atoms. The number of benzene rings is 1. The molecule has 2 nitrogen and oxygen atoms in total. The van der Waals surface area contributed by atoms with Crippen LogP contribution < -0.4 is 11.5 Å². The third-order valence-electron chi connectivity index (χ3n) is 2.22. The second-order valence-corrected chi connectivity index (χ2v) is 3.15. The predicted molar refractivity (Wildman–Crippen MR) is 60.7 cm³/mol. The van der Waals surface area contributed by atoms with Crippen LogP contribution in [0.15, 0.2) is 49.6 Å². The van der Waals surface area contributed by atoms with Crippen molar-refractivity contribution in [3.8, 4) is 0 Å². The van der Waals surface area contributed by atoms with Crippen LogP contribution in [0, 0.1) is 0 Å². The minimum absolute atomic E-state index is 0.169. The Labute approximate surface area is 84.9 Å². The second-order valence-electron chi connectivity index (χ2n) is 3.15. The third-order valence-corrected chi connectivity index (χ3v) is 2.22. The topological polar surface area (TPSA) is 52.0 Å². The van der Waals surface area contributed by atoms with Crippen molar-refractivity contribution in [1.82, 2.24) is 0 Å². The first-order valence-corrected chi connectivity index (χ1v) is 4.55. The highest BCUT2D eigenvalue weighted by molar-refractivity contribution is 5.35. The zero-order chi connectivity index (χ0) is 10.6. The molecule has 1 rings (SSSR count). The molecule has 1 aromatic rings. The van der Waals surface area contributed by atoms with E-state index in [9.17, 15) is 0 Å². The van der Waals surface area contributed by atoms with E-state index in [0.29, 0.717) is 0 Å². The van der Waals surface area contributed by atoms with Crippen molar-refractivity contribution in [1.29, 1.82) is 0 Å². The Morgan fingerprint density at radius 1 is 0.929 bits per heavy atom. The van der Waals surface area contributed by atoms with Gasteiger partial charge >= 0.3 is 0 Å². The second kappa shape index (κ2) is 4.74. The molecule has 0 saturated heterocycles. The number of hydrogen-bond donors (Lipinski definition) is 2. The van der Waals surface area contributed by atoms with Crippen molar-refractivity contribution in [3.63, 3.8) is 0 Å². The summed E-state index contributed by atoms with van der Waals surface area (Å²) in [5, 5.41) is 0. The Bertz CT molecular complexity index is 298. The summed E-state index contributed by atoms with van der Waals surface area (Å²) in [6.07, 6.45) is 3.41. The van der Waals surface area contributed by atoms with Crippen molar-refractivity contribution in [3.05, 3.63) is 60.7 Å². The van der Waals surface area contributed by atoms with E-state index in [4.69, 9.17) is 11.5 Å². The molecule has 0 heterocycles. The molecule has 74 valence electrons. The van der Waals surface area contributed by atoms with Crippen LogP contribution in [-0.4, -0.2) is 0 Å². The summed E-state index contributed by atoms with van der Waals surface area (Å²) in [7, 11) is 0. The van der Waals surface area contributed by atoms with Gasteiger partial charge in [-0.2, -0.15) is 0 Å². The van der Waals surface area contributed by atoms with Gasteiger partial charge in [-0.3, -0.25) is 0 Å². The highest BCUT2D eigenvalue weighted by Gasteiger charge is 2.10. The van der Waals surface area contributed by atoms with Crippen molar-refractivity contribution in [2.45, 2.75) is 12.1 Å². The lowest BCUT2D eigenvalue weighted by molar-refractivity contribution is 0.835. The van der Waals surface area contributed by atoms with E-state index < -0.39 is 0 Å². The Morgan fingerprint density at radius 3 is 1.57 bits per heavy atom. The quantitative estimate of drug-likeness (QED) is 0.710. The summed E-state index contributed by atoms with van der Waals surface area (Å²) in [6.45, 7) is 7.34. The highest BCUT2D eigenvalue weighted by Crippen LogP contribution is 2.22. The van der Waals surface area contributed by atoms with E-state index in [1.807, 2.05) is 24.3 Å². The summed E-state index contributed by atoms with van der Waals surface area (Å²) in [4.78, 5) is 0. The van der Waals surface area contributed by atoms with E-state index in [-0.39, 0.29) is 12.1 Å². The van der Waals surface area contributed by atoms with Gasteiger partial charge in [-0.25, -0.2) is 0 Å². The zero-order valence-electron chi connectivity index (χ0n) is 8.19. The van der Waals surface area contributed by atoms with Gasteiger partial charge in [-0.05, 0) is 11.1 Å². The molecule has 2 heteroatoms. The zero-order valence-corrected chi connectivity index (χ0v) is 8.19. The molecule has 0 radical (unpaired) electrons. The largest absolute Gasteiger partial charge is 0.321 e. The first-order chi connectivity index (χ1) is 6.70. The minimum atomic E-state index is -0.169. The smallest absolute Gasteiger partial charge is 0.0481 e. The van der Waals surface area contributed by atoms with E-state index >= 15 is 0 Å². The molecule has 0 spiro atoms. The van der Waals surface area contributed by atoms with Crippen LogP contribution in [0.3, 0.4) is 0 Å². The lowest BCUT2D eigenvalue weighted by Gasteiger charge is -2.16. The third kappa shape index (κ3) is 2.10. The number of rotatable bonds is 4. The maximum atomic E-state index is 5.88. The minimum Gasteiger partial charge on any atom is -0.321 e. The fourth-order valence-electron chi connectivity index (χ4n) is 1.37. The van der Waals surface area contributed by atoms with Crippen molar-refractivity contribution in [2.24, 2.45) is 11.5 Å². The van der Waals surface area contributed by atoms with Crippen molar-refractivity contribution >= 4 is 0 Å². The van der Waals surface area contributed by atoms with Gasteiger partial charge in [0.2, 0.25) is 0 Å². The van der Waals surface area contributed by atoms with Gasteiger partial charge < -0.3 is 11.5 Å². The summed E-state index contributed by atoms with van der Waals surface area (Å²) >= 11 is 0. The Morgan fingerprint density at radius 2 is 1.29 bits per heavy atom. The molecule has 0 aromatic heterocycles. The predicted octanol–water partition coefficient (Wildman–Crippen LogP) is 2.06. The van der Waals surface area contributed by atoms with Gasteiger partial charge in [-0.15, -0.1) is 13.2 Å². The van der Waals surface area contributed by atoms with Crippen LogP contribution in [0.2, 0.25) is 0 Å². The van der Waals surface area contributed by atoms with Gasteiger partial charge in [0.15, 0.2) is 0 Å². The summed E-state index contributed by atoms with van der Waals surface area (Å²) in [6, 6.07) is 7.47. The van der Waals surface area contributed by atoms with Crippen LogP contribution in [0.4, 0.5) is 0 Å². The summed E-state index contributed by atoms with van der Waals surface area (Å²) in [5.41, 5.74) is 13.8. The van der Waals surface area contributed by atoms with Crippen LogP contribution >= 0.6 is 0 Å². The highest BCUT2D eigenvalue weighted by atomic mass is 14.7. The first-order valence-electron chi connectivity index (χ1n) is 4.55. The summed E-state index contributed by atoms with van der Waals surface area (Å²) in [5.74, 6) is 0. The van der Waals surface area contributed by atoms with E-state index in [1.54, 1.807) is 12.2 Å². The van der Waals surface area contributed by atoms with Crippen molar-refractivity contribution < 1.29 is 0 Å². The Hall–Kier alpha value is -1.38. The summed E-state index contributed by atoms with van der Waals surface area (Å²) < 4.78 is 0. The van der Waals surface area contributed by atoms with Crippen LogP contribution in [0.5, 0.6) is 0 Å². The molecule has 1 aromatic carbocycles. The van der Waals surface area contributed by atoms with E-state index in [1.165, 1.54) is 0 Å². The SMILES string of the molecule is C=CC(N)c1ccccc1C(N)C=C. The monoisotopic (exact) mass is 188 g/mol. The van der Waals surface area contributed by atoms with Crippen molar-refractivity contribution in [2.75, 3.05) is 0 Å². The number of hydrogen-bond acceptors (Lipinski definition) is 2. The molecule has 4 N–H and O–H groups in total. The van der Waals surface area contributed by atoms with E-state index in [2.05, 4.69) is 13.2 Å². The maximum absolute atomic E-state index is 5.88. The normalized spacial score (nSPS) is 14.4. The van der Waals surface area contributed by atoms with Crippen LogP contribution in [0.25, 0.3) is 0 Å². The first kappa shape index (κ1) is 10.7. The molecule has 0 bridgehead atoms. The fraction of sp³-hybridized carbons (Fsp3) is 0.167. The fourth-order valence-corrected chi connectivity index (χ4v) is 1.37. The molecule has 0 aliphatic carbocycles. The molecular formula is C12H16N2. The van der Waals surface area contributed by atoms with Gasteiger partial charge in [0.1, 0.15) is 0 Å². The molecular weight excluding hydrogens is 172 g/mol. The maximum Gasteiger partial charge on any atom is 0.0481 e. The lowest BCUT2D eigenvalue weighted by Crippen LogP contribution is -2.15. The standard InChI is InChI=1S/C12H16N2/c1-3-11(13)9-7-5-6-8-10(9)12(14)4-2/h3-8,11-12H,1-2,13-14H2. The van der Waals surface area contributed by atoms with Gasteiger partial charge in [0.25, 0.3) is 0 Å². The molecule has 0 saturated carbocycles. The lowest BCUT2D eigenvalue weighted by atomic mass is 9.96. The molecule has 0 aliphatic rings. The van der Waals surface area contributed by atoms with E-state index in [0.717, 1.165) is 11.1 Å². The van der Waals surface area contributed by atoms with Crippen LogP contribution in [0.1, 0.15) is 23.2 Å². The molecule has 0 fully saturated rings. The van der Waals surface area contributed by atoms with Gasteiger partial charge in [0.05, 0.1) is 0 Å². The number of nitrogens with two attached hydrogens (primary N) is 2.